The van der Waals surface area contributed by atoms with Crippen molar-refractivity contribution in [2.24, 2.45) is 0 Å². The van der Waals surface area contributed by atoms with Crippen LogP contribution in [0.1, 0.15) is 0 Å². The third-order valence-electron chi connectivity index (χ3n) is 1.55. The molecule has 1 aromatic rings. The van der Waals surface area contributed by atoms with Crippen LogP contribution in [0.3, 0.4) is 0 Å². The first-order chi connectivity index (χ1) is 8.12. The van der Waals surface area contributed by atoms with Crippen LogP contribution in [0.2, 0.25) is 0 Å². The summed E-state index contributed by atoms with van der Waals surface area (Å²) in [7, 11) is -5.75. The number of carbonyl (C=O) groups excluding carboxylic acids is 1. The molecule has 0 radical (unpaired) electrons. The topological polar surface area (TPSA) is 72.5 Å². The maximum absolute atomic E-state index is 11.9. The highest BCUT2D eigenvalue weighted by molar-refractivity contribution is 14.1. The van der Waals surface area contributed by atoms with Gasteiger partial charge in [0.15, 0.2) is 0 Å². The van der Waals surface area contributed by atoms with E-state index in [9.17, 15) is 26.4 Å². The number of hydrogen-bond donors (Lipinski definition) is 1. The Labute approximate surface area is 114 Å². The minimum atomic E-state index is -5.75. The smallest absolute Gasteiger partial charge is 0.410 e. The Morgan fingerprint density at radius 3 is 2.17 bits per heavy atom. The average molecular weight is 395 g/mol. The van der Waals surface area contributed by atoms with Gasteiger partial charge in [0.05, 0.1) is 0 Å². The van der Waals surface area contributed by atoms with Gasteiger partial charge in [-0.2, -0.15) is 21.6 Å². The summed E-state index contributed by atoms with van der Waals surface area (Å²) in [6, 6.07) is 5.67. The lowest BCUT2D eigenvalue weighted by Gasteiger charge is -2.09. The second kappa shape index (κ2) is 5.30. The molecule has 10 heteroatoms. The molecule has 1 aromatic carbocycles. The van der Waals surface area contributed by atoms with Crippen molar-refractivity contribution in [2.45, 2.75) is 5.51 Å². The number of nitrogens with one attached hydrogen (secondary N) is 1. The zero-order valence-electron chi connectivity index (χ0n) is 8.36. The molecule has 100 valence electrons. The molecule has 1 N–H and O–H groups in total. The largest absolute Gasteiger partial charge is 0.516 e. The van der Waals surface area contributed by atoms with E-state index in [1.807, 2.05) is 22.6 Å². The van der Waals surface area contributed by atoms with Crippen molar-refractivity contribution in [2.75, 3.05) is 0 Å². The van der Waals surface area contributed by atoms with Gasteiger partial charge in [-0.15, -0.1) is 0 Å². The lowest BCUT2D eigenvalue weighted by Crippen LogP contribution is -2.41. The Kier molecular flexibility index (Phi) is 4.42. The summed E-state index contributed by atoms with van der Waals surface area (Å²) in [6.45, 7) is 0. The van der Waals surface area contributed by atoms with Crippen LogP contribution in [0.5, 0.6) is 5.75 Å². The third-order valence-corrected chi connectivity index (χ3v) is 3.31. The van der Waals surface area contributed by atoms with E-state index < -0.39 is 21.6 Å². The molecule has 1 amide bonds. The fourth-order valence-corrected chi connectivity index (χ4v) is 1.53. The highest BCUT2D eigenvalue weighted by Crippen LogP contribution is 2.21. The van der Waals surface area contributed by atoms with Crippen molar-refractivity contribution in [3.63, 3.8) is 0 Å². The van der Waals surface area contributed by atoms with Crippen LogP contribution in [0.15, 0.2) is 24.3 Å². The Morgan fingerprint density at radius 1 is 1.22 bits per heavy atom. The van der Waals surface area contributed by atoms with Crippen LogP contribution in [0.25, 0.3) is 0 Å². The standard InChI is InChI=1S/C8H5F3INO4S/c9-8(10,11)18(15,16)13-7(14)17-6-3-1-5(12)2-4-6/h1-4H,(H,13,14). The number of amides is 1. The molecule has 0 saturated heterocycles. The van der Waals surface area contributed by atoms with E-state index in [2.05, 4.69) is 4.74 Å². The molecule has 0 aliphatic carbocycles. The van der Waals surface area contributed by atoms with Crippen molar-refractivity contribution in [1.29, 1.82) is 0 Å². The number of halogens is 4. The van der Waals surface area contributed by atoms with E-state index >= 15 is 0 Å². The van der Waals surface area contributed by atoms with Crippen LogP contribution >= 0.6 is 22.6 Å². The van der Waals surface area contributed by atoms with E-state index in [0.29, 0.717) is 0 Å². The van der Waals surface area contributed by atoms with Gasteiger partial charge in [0.2, 0.25) is 0 Å². The fourth-order valence-electron chi connectivity index (χ4n) is 0.798. The first-order valence-corrected chi connectivity index (χ1v) is 6.74. The first kappa shape index (κ1) is 15.0. The van der Waals surface area contributed by atoms with Crippen LogP contribution in [0.4, 0.5) is 18.0 Å². The van der Waals surface area contributed by atoms with Gasteiger partial charge in [0, 0.05) is 3.57 Å². The number of sulfonamides is 1. The van der Waals surface area contributed by atoms with Crippen molar-refractivity contribution in [3.05, 3.63) is 27.8 Å². The van der Waals surface area contributed by atoms with Gasteiger partial charge in [0.1, 0.15) is 5.75 Å². The first-order valence-electron chi connectivity index (χ1n) is 4.18. The highest BCUT2D eigenvalue weighted by atomic mass is 127. The molecule has 0 bridgehead atoms. The van der Waals surface area contributed by atoms with E-state index in [4.69, 9.17) is 0 Å². The Bertz CT molecular complexity index is 540. The minimum Gasteiger partial charge on any atom is -0.410 e. The number of ether oxygens (including phenoxy) is 1. The summed E-state index contributed by atoms with van der Waals surface area (Å²) in [5, 5.41) is 0. The number of alkyl halides is 3. The van der Waals surface area contributed by atoms with Crippen molar-refractivity contribution in [3.8, 4) is 5.75 Å². The van der Waals surface area contributed by atoms with Crippen molar-refractivity contribution < 1.29 is 31.1 Å². The second-order valence-electron chi connectivity index (χ2n) is 2.89. The molecule has 1 rings (SSSR count). The van der Waals surface area contributed by atoms with Crippen LogP contribution in [-0.2, 0) is 10.0 Å². The fraction of sp³-hybridized carbons (Fsp3) is 0.125. The molecule has 0 aromatic heterocycles. The molecule has 5 nitrogen and oxygen atoms in total. The lowest BCUT2D eigenvalue weighted by molar-refractivity contribution is -0.0446. The van der Waals surface area contributed by atoms with Crippen LogP contribution in [0, 0.1) is 3.57 Å². The van der Waals surface area contributed by atoms with Gasteiger partial charge in [-0.3, -0.25) is 0 Å². The Hall–Kier alpha value is -1.04. The predicted octanol–water partition coefficient (Wildman–Crippen LogP) is 2.23. The summed E-state index contributed by atoms with van der Waals surface area (Å²) in [5.41, 5.74) is -5.57. The van der Waals surface area contributed by atoms with Crippen LogP contribution < -0.4 is 9.46 Å². The van der Waals surface area contributed by atoms with E-state index in [1.165, 1.54) is 24.3 Å². The molecule has 0 heterocycles. The lowest BCUT2D eigenvalue weighted by atomic mass is 10.3. The van der Waals surface area contributed by atoms with E-state index in [-0.39, 0.29) is 5.75 Å². The van der Waals surface area contributed by atoms with E-state index in [1.54, 1.807) is 0 Å². The van der Waals surface area contributed by atoms with Gasteiger partial charge in [0.25, 0.3) is 0 Å². The molecule has 0 aliphatic rings. The molecule has 0 fully saturated rings. The second-order valence-corrected chi connectivity index (χ2v) is 5.81. The molecule has 0 aliphatic heterocycles. The molecular weight excluding hydrogens is 390 g/mol. The quantitative estimate of drug-likeness (QED) is 0.780. The number of benzene rings is 1. The molecule has 0 spiro atoms. The number of rotatable bonds is 2. The molecular formula is C8H5F3INO4S. The van der Waals surface area contributed by atoms with Gasteiger partial charge >= 0.3 is 21.6 Å². The summed E-state index contributed by atoms with van der Waals surface area (Å²) >= 11 is 1.96. The SMILES string of the molecule is O=C(NS(=O)(=O)C(F)(F)F)Oc1ccc(I)cc1. The average Bonchev–Trinajstić information content (AvgIpc) is 2.19. The minimum absolute atomic E-state index is 0.0784. The number of hydrogen-bond acceptors (Lipinski definition) is 4. The zero-order valence-corrected chi connectivity index (χ0v) is 11.3. The zero-order chi connectivity index (χ0) is 14.0. The van der Waals surface area contributed by atoms with Crippen molar-refractivity contribution >= 4 is 38.7 Å². The number of carbonyl (C=O) groups is 1. The maximum Gasteiger partial charge on any atom is 0.516 e. The Balaban J connectivity index is 2.71. The monoisotopic (exact) mass is 395 g/mol. The Morgan fingerprint density at radius 2 is 1.72 bits per heavy atom. The summed E-state index contributed by atoms with van der Waals surface area (Å²) in [5.74, 6) is -0.0784. The van der Waals surface area contributed by atoms with Crippen LogP contribution in [-0.4, -0.2) is 20.0 Å². The van der Waals surface area contributed by atoms with Gasteiger partial charge < -0.3 is 4.74 Å². The van der Waals surface area contributed by atoms with Gasteiger partial charge in [-0.1, -0.05) is 0 Å². The molecule has 0 saturated carbocycles. The van der Waals surface area contributed by atoms with E-state index in [0.717, 1.165) is 8.29 Å². The predicted molar refractivity (Wildman–Crippen MR) is 63.3 cm³/mol. The third kappa shape index (κ3) is 4.01. The molecule has 18 heavy (non-hydrogen) atoms. The highest BCUT2D eigenvalue weighted by Gasteiger charge is 2.47. The summed E-state index contributed by atoms with van der Waals surface area (Å²) in [4.78, 5) is 10.9. The molecule has 0 unspecified atom stereocenters. The van der Waals surface area contributed by atoms with Crippen molar-refractivity contribution in [1.82, 2.24) is 4.72 Å². The van der Waals surface area contributed by atoms with Gasteiger partial charge in [-0.25, -0.2) is 9.52 Å². The summed E-state index contributed by atoms with van der Waals surface area (Å²) < 4.78 is 62.8. The maximum atomic E-state index is 11.9. The molecule has 0 atom stereocenters. The normalized spacial score (nSPS) is 12.0. The summed E-state index contributed by atoms with van der Waals surface area (Å²) in [6.07, 6.45) is -1.73. The van der Waals surface area contributed by atoms with Gasteiger partial charge in [-0.05, 0) is 46.9 Å².